The van der Waals surface area contributed by atoms with E-state index in [9.17, 15) is 14.7 Å². The molecule has 2 aliphatic carbocycles. The molecular formula is C16H24N2O4. The third-order valence-corrected chi connectivity index (χ3v) is 5.44. The van der Waals surface area contributed by atoms with Gasteiger partial charge in [0.2, 0.25) is 11.8 Å². The van der Waals surface area contributed by atoms with Crippen LogP contribution in [0.5, 0.6) is 0 Å². The van der Waals surface area contributed by atoms with Gasteiger partial charge >= 0.3 is 0 Å². The fourth-order valence-corrected chi connectivity index (χ4v) is 3.94. The van der Waals surface area contributed by atoms with Gasteiger partial charge in [-0.05, 0) is 32.1 Å². The van der Waals surface area contributed by atoms with Crippen molar-refractivity contribution in [3.8, 4) is 0 Å². The highest BCUT2D eigenvalue weighted by atomic mass is 16.5. The van der Waals surface area contributed by atoms with Crippen LogP contribution in [0.15, 0.2) is 0 Å². The van der Waals surface area contributed by atoms with Gasteiger partial charge < -0.3 is 20.1 Å². The molecule has 0 radical (unpaired) electrons. The summed E-state index contributed by atoms with van der Waals surface area (Å²) in [6.07, 6.45) is 4.56. The molecule has 2 amide bonds. The number of hydrogen-bond acceptors (Lipinski definition) is 4. The van der Waals surface area contributed by atoms with Crippen LogP contribution in [0.1, 0.15) is 38.5 Å². The van der Waals surface area contributed by atoms with Crippen molar-refractivity contribution in [1.29, 1.82) is 0 Å². The minimum absolute atomic E-state index is 0.00828. The normalized spacial score (nSPS) is 40.2. The molecule has 2 aliphatic heterocycles. The van der Waals surface area contributed by atoms with E-state index in [1.54, 1.807) is 0 Å². The number of carbonyl (C=O) groups excluding carboxylic acids is 2. The quantitative estimate of drug-likeness (QED) is 0.769. The van der Waals surface area contributed by atoms with Gasteiger partial charge in [-0.1, -0.05) is 0 Å². The molecule has 2 saturated carbocycles. The molecule has 4 aliphatic rings. The minimum atomic E-state index is -0.290. The van der Waals surface area contributed by atoms with Gasteiger partial charge in [0, 0.05) is 31.0 Å². The Hall–Kier alpha value is -1.14. The second-order valence-electron chi connectivity index (χ2n) is 7.40. The largest absolute Gasteiger partial charge is 0.393 e. The average Bonchev–Trinajstić information content (AvgIpc) is 3.02. The standard InChI is InChI=1S/C16H24N2O4/c19-12-3-9(4-12)16(21)18-7-10-5-13(22-14(10)8-18)6-15(20)17-11-1-2-11/h9-14,19H,1-8H2,(H,17,20)/t9?,10-,12?,13-,14+/m0/s1. The van der Waals surface area contributed by atoms with Gasteiger partial charge in [-0.2, -0.15) is 0 Å². The van der Waals surface area contributed by atoms with Crippen LogP contribution in [0, 0.1) is 11.8 Å². The van der Waals surface area contributed by atoms with Gasteiger partial charge in [-0.15, -0.1) is 0 Å². The zero-order valence-corrected chi connectivity index (χ0v) is 12.7. The molecule has 0 bridgehead atoms. The lowest BCUT2D eigenvalue weighted by Gasteiger charge is -2.33. The highest BCUT2D eigenvalue weighted by Crippen LogP contribution is 2.37. The third kappa shape index (κ3) is 2.86. The van der Waals surface area contributed by atoms with Gasteiger partial charge in [0.1, 0.15) is 0 Å². The van der Waals surface area contributed by atoms with Crippen LogP contribution >= 0.6 is 0 Å². The SMILES string of the molecule is O=C(C[C@@H]1C[C@H]2CN(C(=O)C3CC(O)C3)C[C@H]2O1)NC1CC1. The van der Waals surface area contributed by atoms with E-state index in [4.69, 9.17) is 4.74 Å². The molecule has 0 aromatic carbocycles. The summed E-state index contributed by atoms with van der Waals surface area (Å²) in [6.45, 7) is 1.40. The predicted octanol–water partition coefficient (Wildman–Crippen LogP) is 0.0419. The molecule has 6 heteroatoms. The number of aliphatic hydroxyl groups is 1. The lowest BCUT2D eigenvalue weighted by atomic mass is 9.81. The molecular weight excluding hydrogens is 284 g/mol. The van der Waals surface area contributed by atoms with Gasteiger partial charge in [0.15, 0.2) is 0 Å². The fraction of sp³-hybridized carbons (Fsp3) is 0.875. The summed E-state index contributed by atoms with van der Waals surface area (Å²) >= 11 is 0. The number of nitrogens with zero attached hydrogens (tertiary/aromatic N) is 1. The fourth-order valence-electron chi connectivity index (χ4n) is 3.94. The first kappa shape index (κ1) is 14.5. The molecule has 0 unspecified atom stereocenters. The molecule has 0 aromatic rings. The summed E-state index contributed by atoms with van der Waals surface area (Å²) in [4.78, 5) is 26.0. The van der Waals surface area contributed by atoms with Crippen molar-refractivity contribution in [2.24, 2.45) is 11.8 Å². The van der Waals surface area contributed by atoms with Crippen LogP contribution < -0.4 is 5.32 Å². The van der Waals surface area contributed by atoms with E-state index in [1.165, 1.54) is 0 Å². The number of hydrogen-bond donors (Lipinski definition) is 2. The highest BCUT2D eigenvalue weighted by Gasteiger charge is 2.46. The zero-order chi connectivity index (χ0) is 15.3. The van der Waals surface area contributed by atoms with Gasteiger partial charge in [0.05, 0.1) is 24.7 Å². The van der Waals surface area contributed by atoms with E-state index in [0.29, 0.717) is 37.8 Å². The van der Waals surface area contributed by atoms with Gasteiger partial charge in [0.25, 0.3) is 0 Å². The number of fused-ring (bicyclic) bond motifs is 1. The Morgan fingerprint density at radius 1 is 1.18 bits per heavy atom. The Morgan fingerprint density at radius 3 is 2.59 bits per heavy atom. The number of ether oxygens (including phenoxy) is 1. The first-order chi connectivity index (χ1) is 10.6. The second-order valence-corrected chi connectivity index (χ2v) is 7.40. The summed E-state index contributed by atoms with van der Waals surface area (Å²) in [5, 5.41) is 12.3. The molecule has 4 fully saturated rings. The van der Waals surface area contributed by atoms with E-state index < -0.39 is 0 Å². The number of aliphatic hydroxyl groups excluding tert-OH is 1. The molecule has 22 heavy (non-hydrogen) atoms. The van der Waals surface area contributed by atoms with Gasteiger partial charge in [-0.25, -0.2) is 0 Å². The molecule has 2 N–H and O–H groups in total. The van der Waals surface area contributed by atoms with Crippen molar-refractivity contribution >= 4 is 11.8 Å². The van der Waals surface area contributed by atoms with Crippen molar-refractivity contribution in [3.63, 3.8) is 0 Å². The smallest absolute Gasteiger partial charge is 0.225 e. The number of nitrogens with one attached hydrogen (secondary N) is 1. The summed E-state index contributed by atoms with van der Waals surface area (Å²) in [6, 6.07) is 0.402. The Morgan fingerprint density at radius 2 is 1.95 bits per heavy atom. The average molecular weight is 308 g/mol. The molecule has 2 heterocycles. The van der Waals surface area contributed by atoms with Crippen LogP contribution in [-0.2, 0) is 14.3 Å². The number of rotatable bonds is 4. The van der Waals surface area contributed by atoms with Crippen LogP contribution in [0.3, 0.4) is 0 Å². The molecule has 6 nitrogen and oxygen atoms in total. The van der Waals surface area contributed by atoms with Crippen molar-refractivity contribution in [1.82, 2.24) is 10.2 Å². The first-order valence-corrected chi connectivity index (χ1v) is 8.50. The maximum absolute atomic E-state index is 12.3. The van der Waals surface area contributed by atoms with Crippen LogP contribution in [0.4, 0.5) is 0 Å². The Bertz CT molecular complexity index is 459. The Kier molecular flexibility index (Phi) is 3.61. The summed E-state index contributed by atoms with van der Waals surface area (Å²) in [5.74, 6) is 0.650. The van der Waals surface area contributed by atoms with Crippen LogP contribution in [-0.4, -0.2) is 59.3 Å². The summed E-state index contributed by atoms with van der Waals surface area (Å²) in [5.41, 5.74) is 0. The maximum atomic E-state index is 12.3. The van der Waals surface area contributed by atoms with Crippen LogP contribution in [0.25, 0.3) is 0 Å². The van der Waals surface area contributed by atoms with Crippen molar-refractivity contribution in [2.45, 2.75) is 62.9 Å². The Balaban J connectivity index is 1.23. The number of amides is 2. The molecule has 2 saturated heterocycles. The maximum Gasteiger partial charge on any atom is 0.225 e. The molecule has 0 spiro atoms. The molecule has 3 atom stereocenters. The van der Waals surface area contributed by atoms with Crippen LogP contribution in [0.2, 0.25) is 0 Å². The van der Waals surface area contributed by atoms with E-state index in [0.717, 1.165) is 25.8 Å². The van der Waals surface area contributed by atoms with Gasteiger partial charge in [-0.3, -0.25) is 9.59 Å². The van der Waals surface area contributed by atoms with E-state index >= 15 is 0 Å². The lowest BCUT2D eigenvalue weighted by molar-refractivity contribution is -0.142. The number of likely N-dealkylation sites (tertiary alicyclic amines) is 1. The first-order valence-electron chi connectivity index (χ1n) is 8.50. The molecule has 4 rings (SSSR count). The third-order valence-electron chi connectivity index (χ3n) is 5.44. The topological polar surface area (TPSA) is 78.9 Å². The second kappa shape index (κ2) is 5.49. The van der Waals surface area contributed by atoms with Crippen molar-refractivity contribution < 1.29 is 19.4 Å². The minimum Gasteiger partial charge on any atom is -0.393 e. The molecule has 122 valence electrons. The summed E-state index contributed by atoms with van der Waals surface area (Å²) in [7, 11) is 0. The summed E-state index contributed by atoms with van der Waals surface area (Å²) < 4.78 is 5.99. The van der Waals surface area contributed by atoms with E-state index in [2.05, 4.69) is 5.32 Å². The zero-order valence-electron chi connectivity index (χ0n) is 12.7. The van der Waals surface area contributed by atoms with E-state index in [-0.39, 0.29) is 36.0 Å². The number of carbonyl (C=O) groups is 2. The highest BCUT2D eigenvalue weighted by molar-refractivity contribution is 5.80. The van der Waals surface area contributed by atoms with Crippen molar-refractivity contribution in [2.75, 3.05) is 13.1 Å². The Labute approximate surface area is 130 Å². The van der Waals surface area contributed by atoms with Crippen molar-refractivity contribution in [3.05, 3.63) is 0 Å². The molecule has 0 aromatic heterocycles. The lowest BCUT2D eigenvalue weighted by Crippen LogP contribution is -2.43. The van der Waals surface area contributed by atoms with E-state index in [1.807, 2.05) is 4.90 Å². The predicted molar refractivity (Wildman–Crippen MR) is 77.9 cm³/mol. The monoisotopic (exact) mass is 308 g/mol.